The van der Waals surface area contributed by atoms with Gasteiger partial charge in [-0.1, -0.05) is 12.5 Å². The van der Waals surface area contributed by atoms with Gasteiger partial charge in [-0.15, -0.1) is 22.4 Å². The molecule has 4 rings (SSSR count). The van der Waals surface area contributed by atoms with Crippen molar-refractivity contribution in [1.29, 1.82) is 0 Å². The number of hydrogen-bond acceptors (Lipinski definition) is 1. The minimum absolute atomic E-state index is 0. The van der Waals surface area contributed by atoms with Crippen LogP contribution in [0.15, 0.2) is 66.9 Å². The molecule has 0 amide bonds. The molecule has 0 aliphatic rings. The normalized spacial score (nSPS) is 9.27. The second-order valence-corrected chi connectivity index (χ2v) is 6.13. The van der Waals surface area contributed by atoms with Crippen molar-refractivity contribution in [2.45, 2.75) is 6.92 Å². The first-order valence-electron chi connectivity index (χ1n) is 8.48. The number of rotatable bonds is 3. The Bertz CT molecular complexity index is 1070. The molecule has 140 valence electrons. The molecule has 30 heavy (non-hydrogen) atoms. The van der Waals surface area contributed by atoms with Crippen molar-refractivity contribution < 1.29 is 70.1 Å². The molecule has 0 N–H and O–H groups in total. The van der Waals surface area contributed by atoms with Crippen LogP contribution in [0.4, 0.5) is 0 Å². The minimum atomic E-state index is 0. The Hall–Kier alpha value is -0.987. The molecule has 0 atom stereocenters. The van der Waals surface area contributed by atoms with Crippen LogP contribution < -0.4 is 4.68 Å². The van der Waals surface area contributed by atoms with E-state index in [9.17, 15) is 0 Å². The summed E-state index contributed by atoms with van der Waals surface area (Å²) in [5, 5.41) is 4.33. The summed E-state index contributed by atoms with van der Waals surface area (Å²) in [6.07, 6.45) is 1.78. The second-order valence-electron chi connectivity index (χ2n) is 6.13. The first kappa shape index (κ1) is 29.0. The van der Waals surface area contributed by atoms with Gasteiger partial charge < -0.3 is 19.1 Å². The monoisotopic (exact) mass is 537 g/mol. The Labute approximate surface area is 232 Å². The average Bonchev–Trinajstić information content (AvgIpc) is 2.70. The van der Waals surface area contributed by atoms with E-state index in [1.54, 1.807) is 6.20 Å². The third kappa shape index (κ3) is 6.50. The van der Waals surface area contributed by atoms with E-state index in [4.69, 9.17) is 0 Å². The third-order valence-corrected chi connectivity index (χ3v) is 4.34. The van der Waals surface area contributed by atoms with Gasteiger partial charge in [0.15, 0.2) is 12.7 Å². The quantitative estimate of drug-likeness (QED) is 0.214. The first-order chi connectivity index (χ1) is 12.7. The van der Waals surface area contributed by atoms with Crippen LogP contribution in [0, 0.1) is 38.6 Å². The first-order valence-corrected chi connectivity index (χ1v) is 8.48. The molecular formula is C25H20BN2Y2-. The van der Waals surface area contributed by atoms with Gasteiger partial charge >= 0.3 is 32.7 Å². The van der Waals surface area contributed by atoms with Crippen molar-refractivity contribution in [3.8, 4) is 33.5 Å². The summed E-state index contributed by atoms with van der Waals surface area (Å²) < 4.78 is 1.87. The fourth-order valence-corrected chi connectivity index (χ4v) is 2.95. The van der Waals surface area contributed by atoms with E-state index >= 15 is 0 Å². The molecule has 0 aliphatic heterocycles. The van der Waals surface area contributed by atoms with Crippen LogP contribution in [-0.4, -0.2) is 13.5 Å². The fourth-order valence-electron chi connectivity index (χ4n) is 2.95. The van der Waals surface area contributed by atoms with Gasteiger partial charge in [0, 0.05) is 41.1 Å². The van der Waals surface area contributed by atoms with E-state index in [0.29, 0.717) is 0 Å². The summed E-state index contributed by atoms with van der Waals surface area (Å²) in [5.41, 5.74) is 7.13. The van der Waals surface area contributed by atoms with Gasteiger partial charge in [0.2, 0.25) is 0 Å². The van der Waals surface area contributed by atoms with E-state index < -0.39 is 0 Å². The zero-order valence-corrected chi connectivity index (χ0v) is 23.2. The molecule has 0 spiro atoms. The summed E-state index contributed by atoms with van der Waals surface area (Å²) in [5.74, 6) is 0. The molecular weight excluding hydrogens is 517 g/mol. The number of nitrogens with zero attached hydrogens (tertiary/aromatic N) is 2. The van der Waals surface area contributed by atoms with Crippen LogP contribution in [0.2, 0.25) is 0 Å². The van der Waals surface area contributed by atoms with Crippen LogP contribution in [-0.2, 0) is 72.5 Å². The molecule has 5 heteroatoms. The largest absolute Gasteiger partial charge is 3.00 e. The zero-order valence-electron chi connectivity index (χ0n) is 17.5. The Balaban J connectivity index is 0.00000210. The number of hydrogen-bond donors (Lipinski definition) is 0. The number of benzene rings is 3. The Morgan fingerprint density at radius 1 is 0.833 bits per heavy atom. The molecule has 3 aromatic carbocycles. The van der Waals surface area contributed by atoms with Crippen molar-refractivity contribution >= 4 is 8.41 Å². The summed E-state index contributed by atoms with van der Waals surface area (Å²) in [4.78, 5) is 0. The summed E-state index contributed by atoms with van der Waals surface area (Å²) >= 11 is 0. The van der Waals surface area contributed by atoms with Crippen molar-refractivity contribution in [2.24, 2.45) is 7.05 Å². The Morgan fingerprint density at radius 3 is 2.30 bits per heavy atom. The van der Waals surface area contributed by atoms with Crippen molar-refractivity contribution in [3.05, 3.63) is 104 Å². The van der Waals surface area contributed by atoms with E-state index in [2.05, 4.69) is 54.5 Å². The maximum Gasteiger partial charge on any atom is 3.00 e. The summed E-state index contributed by atoms with van der Waals surface area (Å²) in [6.45, 7) is 2.09. The third-order valence-electron chi connectivity index (χ3n) is 4.34. The van der Waals surface area contributed by atoms with Crippen molar-refractivity contribution in [2.75, 3.05) is 0 Å². The van der Waals surface area contributed by atoms with Gasteiger partial charge in [0.25, 0.3) is 0 Å². The maximum atomic E-state index is 4.33. The van der Waals surface area contributed by atoms with E-state index in [1.165, 1.54) is 0 Å². The van der Waals surface area contributed by atoms with Crippen LogP contribution in [0.3, 0.4) is 0 Å². The molecule has 1 heterocycles. The fraction of sp³-hybridized carbons (Fsp3) is 0.0800. The van der Waals surface area contributed by atoms with E-state index in [-0.39, 0.29) is 81.3 Å². The molecule has 0 fully saturated rings. The molecule has 1 aromatic heterocycles. The smallest absolute Gasteiger partial charge is 0.358 e. The topological polar surface area (TPSA) is 16.8 Å². The molecule has 0 saturated heterocycles. The van der Waals surface area contributed by atoms with Crippen LogP contribution in [0.1, 0.15) is 5.56 Å². The van der Waals surface area contributed by atoms with Crippen molar-refractivity contribution in [3.63, 3.8) is 0 Å². The van der Waals surface area contributed by atoms with E-state index in [1.807, 2.05) is 54.2 Å². The van der Waals surface area contributed by atoms with Gasteiger partial charge in [-0.05, 0) is 17.2 Å². The van der Waals surface area contributed by atoms with Gasteiger partial charge in [0.1, 0.15) is 0 Å². The molecule has 0 aliphatic carbocycles. The molecule has 2 nitrogen and oxygen atoms in total. The second kappa shape index (κ2) is 13.4. The molecule has 4 radical (unpaired) electrons. The predicted molar refractivity (Wildman–Crippen MR) is 114 cm³/mol. The number of aromatic nitrogens is 2. The van der Waals surface area contributed by atoms with Gasteiger partial charge in [-0.3, -0.25) is 22.8 Å². The van der Waals surface area contributed by atoms with Crippen LogP contribution >= 0.6 is 0 Å². The molecule has 0 saturated carbocycles. The summed E-state index contributed by atoms with van der Waals surface area (Å²) in [6, 6.07) is 33.5. The van der Waals surface area contributed by atoms with Crippen LogP contribution in [0.25, 0.3) is 33.5 Å². The SMILES string of the molecule is Cc1ccc(-c2[c-]c(-c3[c-]cccc3)[c-]cc2)[c-]c1-c1cccn[n+]1C.[B].[CH3-].[Y+3].[Y]. The number of aryl methyl sites for hydroxylation is 2. The average molecular weight is 537 g/mol. The standard InChI is InChI=1S/C24H17N2.CH3.B.2Y/c1-18-13-14-22(17-23(18)24-12-7-15-25-26(24)2)21-11-6-10-20(16-21)19-8-4-3-5-9-19;;;;/h3-8,11-15H,1-2H3;1H3;;;/q-3;-1;;;+3. The summed E-state index contributed by atoms with van der Waals surface area (Å²) in [7, 11) is 1.95. The van der Waals surface area contributed by atoms with Gasteiger partial charge in [0.05, 0.1) is 6.20 Å². The van der Waals surface area contributed by atoms with Gasteiger partial charge in [-0.2, -0.15) is 24.3 Å². The zero-order chi connectivity index (χ0) is 17.9. The Morgan fingerprint density at radius 2 is 1.60 bits per heavy atom. The minimum Gasteiger partial charge on any atom is -0.358 e. The van der Waals surface area contributed by atoms with E-state index in [0.717, 1.165) is 39.1 Å². The van der Waals surface area contributed by atoms with Crippen LogP contribution in [0.5, 0.6) is 0 Å². The van der Waals surface area contributed by atoms with Crippen molar-refractivity contribution in [1.82, 2.24) is 5.10 Å². The van der Waals surface area contributed by atoms with Gasteiger partial charge in [-0.25, -0.2) is 24.3 Å². The molecule has 0 bridgehead atoms. The molecule has 4 aromatic rings. The Kier molecular flexibility index (Phi) is 13.0. The predicted octanol–water partition coefficient (Wildman–Crippen LogP) is 4.48. The maximum absolute atomic E-state index is 4.33. The molecule has 0 unspecified atom stereocenters.